The molecule has 0 spiro atoms. The molecule has 10 heteroatoms. The Morgan fingerprint density at radius 2 is 1.91 bits per heavy atom. The van der Waals surface area contributed by atoms with Gasteiger partial charge >= 0.3 is 12.3 Å². The highest BCUT2D eigenvalue weighted by atomic mass is 35.5. The van der Waals surface area contributed by atoms with Crippen LogP contribution in [0.4, 0.5) is 18.0 Å². The number of carbonyl (C=O) groups is 1. The molecule has 1 aliphatic rings. The first kappa shape index (κ1) is 17.6. The summed E-state index contributed by atoms with van der Waals surface area (Å²) in [5, 5.41) is -0.0943. The molecule has 1 aromatic rings. The Kier molecular flexibility index (Phi) is 4.36. The fraction of sp³-hybridized carbons (Fsp3) is 0.615. The van der Waals surface area contributed by atoms with Crippen molar-refractivity contribution >= 4 is 17.7 Å². The van der Waals surface area contributed by atoms with Gasteiger partial charge in [0.1, 0.15) is 5.60 Å². The number of alkyl halides is 3. The highest BCUT2D eigenvalue weighted by Crippen LogP contribution is 2.41. The van der Waals surface area contributed by atoms with Gasteiger partial charge in [-0.1, -0.05) is 11.6 Å². The van der Waals surface area contributed by atoms with Gasteiger partial charge in [0.15, 0.2) is 5.15 Å². The molecule has 0 saturated carbocycles. The van der Waals surface area contributed by atoms with Gasteiger partial charge in [0.2, 0.25) is 11.5 Å². The summed E-state index contributed by atoms with van der Waals surface area (Å²) in [7, 11) is 0. The number of nitrogens with zero attached hydrogens (tertiary/aromatic N) is 3. The van der Waals surface area contributed by atoms with Crippen LogP contribution in [-0.4, -0.2) is 51.4 Å². The normalized spacial score (nSPS) is 17.4. The molecule has 1 aliphatic heterocycles. The lowest BCUT2D eigenvalue weighted by atomic mass is 9.93. The Labute approximate surface area is 135 Å². The van der Waals surface area contributed by atoms with Crippen molar-refractivity contribution in [2.75, 3.05) is 13.1 Å². The molecule has 0 aliphatic carbocycles. The van der Waals surface area contributed by atoms with Gasteiger partial charge in [-0.2, -0.15) is 18.2 Å². The Hall–Kier alpha value is -1.77. The zero-order chi connectivity index (χ0) is 17.5. The van der Waals surface area contributed by atoms with E-state index in [4.69, 9.17) is 21.1 Å². The largest absolute Gasteiger partial charge is 0.456 e. The van der Waals surface area contributed by atoms with Gasteiger partial charge in [-0.15, -0.1) is 0 Å². The zero-order valence-electron chi connectivity index (χ0n) is 12.6. The summed E-state index contributed by atoms with van der Waals surface area (Å²) in [5.74, 6) is -0.362. The van der Waals surface area contributed by atoms with Gasteiger partial charge in [0.25, 0.3) is 0 Å². The molecule has 2 rings (SSSR count). The van der Waals surface area contributed by atoms with Crippen molar-refractivity contribution in [3.63, 3.8) is 0 Å². The monoisotopic (exact) mass is 353 g/mol. The van der Waals surface area contributed by atoms with Crippen molar-refractivity contribution in [1.82, 2.24) is 14.9 Å². The number of carbonyl (C=O) groups excluding carboxylic acids is 1. The maximum Gasteiger partial charge on any atom is 0.431 e. The standard InChI is InChI=1S/C13H15ClF3N3O3/c1-11(2,3)23-10(21)20-6-12(7-20,13(15,16)17)22-9-5-18-4-8(14)19-9/h4-5H,6-7H2,1-3H3. The van der Waals surface area contributed by atoms with Gasteiger partial charge in [-0.3, -0.25) is 9.88 Å². The Bertz CT molecular complexity index is 598. The number of amides is 1. The smallest absolute Gasteiger partial charge is 0.431 e. The Balaban J connectivity index is 2.11. The van der Waals surface area contributed by atoms with Crippen molar-refractivity contribution in [1.29, 1.82) is 0 Å². The van der Waals surface area contributed by atoms with Crippen LogP contribution in [0.5, 0.6) is 5.88 Å². The lowest BCUT2D eigenvalue weighted by molar-refractivity contribution is -0.285. The van der Waals surface area contributed by atoms with Gasteiger partial charge in [-0.05, 0) is 20.8 Å². The van der Waals surface area contributed by atoms with Crippen LogP contribution in [0.25, 0.3) is 0 Å². The van der Waals surface area contributed by atoms with E-state index >= 15 is 0 Å². The SMILES string of the molecule is CC(C)(C)OC(=O)N1CC(Oc2cncc(Cl)n2)(C(F)(F)F)C1. The molecule has 0 aromatic carbocycles. The molecule has 1 saturated heterocycles. The molecule has 1 fully saturated rings. The summed E-state index contributed by atoms with van der Waals surface area (Å²) < 4.78 is 50.0. The fourth-order valence-electron chi connectivity index (χ4n) is 1.90. The molecule has 1 aromatic heterocycles. The quantitative estimate of drug-likeness (QED) is 0.817. The summed E-state index contributed by atoms with van der Waals surface area (Å²) in [6, 6.07) is 0. The second-order valence-corrected chi connectivity index (χ2v) is 6.50. The molecule has 0 unspecified atom stereocenters. The minimum absolute atomic E-state index is 0.0943. The van der Waals surface area contributed by atoms with E-state index in [1.165, 1.54) is 6.20 Å². The number of likely N-dealkylation sites (tertiary alicyclic amines) is 1. The molecular formula is C13H15ClF3N3O3. The fourth-order valence-corrected chi connectivity index (χ4v) is 2.04. The summed E-state index contributed by atoms with van der Waals surface area (Å²) in [6.45, 7) is 3.48. The molecule has 0 atom stereocenters. The summed E-state index contributed by atoms with van der Waals surface area (Å²) in [6.07, 6.45) is -3.34. The van der Waals surface area contributed by atoms with E-state index in [0.717, 1.165) is 11.1 Å². The van der Waals surface area contributed by atoms with E-state index in [1.807, 2.05) is 0 Å². The van der Waals surface area contributed by atoms with Crippen LogP contribution in [0, 0.1) is 0 Å². The van der Waals surface area contributed by atoms with Crippen molar-refractivity contribution in [2.45, 2.75) is 38.1 Å². The van der Waals surface area contributed by atoms with Gasteiger partial charge < -0.3 is 9.47 Å². The van der Waals surface area contributed by atoms with Crippen molar-refractivity contribution in [3.05, 3.63) is 17.5 Å². The molecule has 6 nitrogen and oxygen atoms in total. The second kappa shape index (κ2) is 5.70. The second-order valence-electron chi connectivity index (χ2n) is 6.11. The minimum Gasteiger partial charge on any atom is -0.456 e. The Morgan fingerprint density at radius 3 is 2.39 bits per heavy atom. The van der Waals surface area contributed by atoms with Crippen LogP contribution in [0.15, 0.2) is 12.4 Å². The first-order valence-electron chi connectivity index (χ1n) is 6.63. The van der Waals surface area contributed by atoms with E-state index in [2.05, 4.69) is 9.97 Å². The van der Waals surface area contributed by atoms with Crippen LogP contribution >= 0.6 is 11.6 Å². The van der Waals surface area contributed by atoms with Gasteiger partial charge in [-0.25, -0.2) is 4.79 Å². The van der Waals surface area contributed by atoms with E-state index in [-0.39, 0.29) is 11.0 Å². The number of halogens is 4. The average Bonchev–Trinajstić information content (AvgIpc) is 2.29. The number of hydrogen-bond donors (Lipinski definition) is 0. The molecule has 2 heterocycles. The van der Waals surface area contributed by atoms with Crippen molar-refractivity contribution in [2.24, 2.45) is 0 Å². The number of aromatic nitrogens is 2. The van der Waals surface area contributed by atoms with E-state index in [1.54, 1.807) is 20.8 Å². The lowest BCUT2D eigenvalue weighted by Gasteiger charge is -2.49. The predicted octanol–water partition coefficient (Wildman–Crippen LogP) is 3.06. The molecule has 0 radical (unpaired) electrons. The minimum atomic E-state index is -4.70. The predicted molar refractivity (Wildman–Crippen MR) is 74.3 cm³/mol. The maximum absolute atomic E-state index is 13.3. The van der Waals surface area contributed by atoms with Crippen LogP contribution in [-0.2, 0) is 4.74 Å². The third kappa shape index (κ3) is 3.95. The van der Waals surface area contributed by atoms with Crippen LogP contribution in [0.3, 0.4) is 0 Å². The third-order valence-electron chi connectivity index (χ3n) is 2.94. The van der Waals surface area contributed by atoms with E-state index in [0.29, 0.717) is 0 Å². The maximum atomic E-state index is 13.3. The third-order valence-corrected chi connectivity index (χ3v) is 3.13. The van der Waals surface area contributed by atoms with Gasteiger partial charge in [0, 0.05) is 0 Å². The highest BCUT2D eigenvalue weighted by molar-refractivity contribution is 6.29. The zero-order valence-corrected chi connectivity index (χ0v) is 13.4. The lowest BCUT2D eigenvalue weighted by Crippen LogP contribution is -2.73. The summed E-state index contributed by atoms with van der Waals surface area (Å²) in [5.41, 5.74) is -3.35. The first-order valence-corrected chi connectivity index (χ1v) is 7.01. The number of ether oxygens (including phenoxy) is 2. The first-order chi connectivity index (χ1) is 10.4. The van der Waals surface area contributed by atoms with Gasteiger partial charge in [0.05, 0.1) is 25.5 Å². The highest BCUT2D eigenvalue weighted by Gasteiger charge is 2.66. The number of rotatable bonds is 2. The van der Waals surface area contributed by atoms with Crippen LogP contribution in [0.1, 0.15) is 20.8 Å². The molecule has 0 bridgehead atoms. The average molecular weight is 354 g/mol. The van der Waals surface area contributed by atoms with E-state index in [9.17, 15) is 18.0 Å². The summed E-state index contributed by atoms with van der Waals surface area (Å²) >= 11 is 5.58. The van der Waals surface area contributed by atoms with Crippen LogP contribution in [0.2, 0.25) is 5.15 Å². The summed E-state index contributed by atoms with van der Waals surface area (Å²) in [4.78, 5) is 20.0. The van der Waals surface area contributed by atoms with E-state index < -0.39 is 36.6 Å². The van der Waals surface area contributed by atoms with Crippen molar-refractivity contribution in [3.8, 4) is 5.88 Å². The molecule has 0 N–H and O–H groups in total. The molecular weight excluding hydrogens is 339 g/mol. The van der Waals surface area contributed by atoms with Crippen molar-refractivity contribution < 1.29 is 27.4 Å². The molecule has 128 valence electrons. The number of hydrogen-bond acceptors (Lipinski definition) is 5. The Morgan fingerprint density at radius 1 is 1.30 bits per heavy atom. The van der Waals surface area contributed by atoms with Crippen LogP contribution < -0.4 is 4.74 Å². The molecule has 1 amide bonds. The topological polar surface area (TPSA) is 64.5 Å². The molecule has 23 heavy (non-hydrogen) atoms.